The Bertz CT molecular complexity index is 724. The molecule has 0 bridgehead atoms. The average Bonchev–Trinajstić information content (AvgIpc) is 2.65. The fraction of sp³-hybridized carbons (Fsp3) is 0.231. The van der Waals surface area contributed by atoms with E-state index in [2.05, 4.69) is 5.32 Å². The summed E-state index contributed by atoms with van der Waals surface area (Å²) in [6.45, 7) is 0.386. The van der Waals surface area contributed by atoms with E-state index in [-0.39, 0.29) is 5.56 Å². The Hall–Kier alpha value is -3.04. The van der Waals surface area contributed by atoms with E-state index < -0.39 is 47.6 Å². The lowest BCUT2D eigenvalue weighted by molar-refractivity contribution is -0.134. The zero-order chi connectivity index (χ0) is 17.4. The SMILES string of the molecule is C[C@@]1(c2cc(F)ccc2F)NC(=O)N(CC(=O)NC(N)=O)C1=O. The van der Waals surface area contributed by atoms with Crippen LogP contribution in [0.4, 0.5) is 18.4 Å². The average molecular weight is 326 g/mol. The molecule has 1 aliphatic rings. The third-order valence-corrected chi connectivity index (χ3v) is 3.31. The van der Waals surface area contributed by atoms with Crippen molar-refractivity contribution in [1.82, 2.24) is 15.5 Å². The standard InChI is InChI=1S/C13H12F2N4O4/c1-13(7-4-6(14)2-3-8(7)15)10(21)19(12(23)18-13)5-9(20)17-11(16)22/h2-4H,5H2,1H3,(H,18,23)(H3,16,17,20,22)/t13-/m0/s1. The Morgan fingerprint density at radius 3 is 2.61 bits per heavy atom. The molecule has 1 aliphatic heterocycles. The molecule has 0 unspecified atom stereocenters. The van der Waals surface area contributed by atoms with E-state index in [0.29, 0.717) is 4.90 Å². The molecule has 0 spiro atoms. The number of hydrogen-bond donors (Lipinski definition) is 3. The van der Waals surface area contributed by atoms with Crippen LogP contribution in [0.25, 0.3) is 0 Å². The highest BCUT2D eigenvalue weighted by Gasteiger charge is 2.50. The number of nitrogens with zero attached hydrogens (tertiary/aromatic N) is 1. The fourth-order valence-corrected chi connectivity index (χ4v) is 2.22. The summed E-state index contributed by atoms with van der Waals surface area (Å²) in [7, 11) is 0. The molecule has 23 heavy (non-hydrogen) atoms. The van der Waals surface area contributed by atoms with Crippen LogP contribution in [0.15, 0.2) is 18.2 Å². The van der Waals surface area contributed by atoms with Crippen LogP contribution in [0.5, 0.6) is 0 Å². The summed E-state index contributed by atoms with van der Waals surface area (Å²) in [5, 5.41) is 3.90. The van der Waals surface area contributed by atoms with Crippen molar-refractivity contribution >= 4 is 23.9 Å². The minimum Gasteiger partial charge on any atom is -0.351 e. The van der Waals surface area contributed by atoms with Crippen molar-refractivity contribution in [2.45, 2.75) is 12.5 Å². The molecule has 1 fully saturated rings. The summed E-state index contributed by atoms with van der Waals surface area (Å²) >= 11 is 0. The number of urea groups is 2. The Kier molecular flexibility index (Phi) is 4.00. The van der Waals surface area contributed by atoms with E-state index in [1.807, 2.05) is 0 Å². The van der Waals surface area contributed by atoms with E-state index in [4.69, 9.17) is 5.73 Å². The van der Waals surface area contributed by atoms with Gasteiger partial charge in [-0.05, 0) is 25.1 Å². The number of imide groups is 2. The number of hydrogen-bond acceptors (Lipinski definition) is 4. The number of carbonyl (C=O) groups excluding carboxylic acids is 4. The minimum atomic E-state index is -1.88. The number of amides is 6. The Balaban J connectivity index is 2.31. The summed E-state index contributed by atoms with van der Waals surface area (Å²) in [6.07, 6.45) is 0. The van der Waals surface area contributed by atoms with Gasteiger partial charge in [-0.25, -0.2) is 18.4 Å². The van der Waals surface area contributed by atoms with Crippen LogP contribution in [0.1, 0.15) is 12.5 Å². The molecular weight excluding hydrogens is 314 g/mol. The number of rotatable bonds is 3. The molecule has 122 valence electrons. The summed E-state index contributed by atoms with van der Waals surface area (Å²) in [6, 6.07) is 0.321. The maximum absolute atomic E-state index is 13.9. The van der Waals surface area contributed by atoms with Crippen molar-refractivity contribution in [3.63, 3.8) is 0 Å². The van der Waals surface area contributed by atoms with Gasteiger partial charge < -0.3 is 11.1 Å². The normalized spacial score (nSPS) is 20.4. The molecular formula is C13H12F2N4O4. The lowest BCUT2D eigenvalue weighted by Gasteiger charge is -2.22. The highest BCUT2D eigenvalue weighted by Crippen LogP contribution is 2.31. The first-order valence-electron chi connectivity index (χ1n) is 6.34. The Morgan fingerprint density at radius 1 is 1.35 bits per heavy atom. The predicted molar refractivity (Wildman–Crippen MR) is 71.7 cm³/mol. The van der Waals surface area contributed by atoms with E-state index in [1.54, 1.807) is 5.32 Å². The van der Waals surface area contributed by atoms with Crippen molar-refractivity contribution in [3.05, 3.63) is 35.4 Å². The van der Waals surface area contributed by atoms with Gasteiger partial charge in [0.2, 0.25) is 5.91 Å². The molecule has 0 saturated carbocycles. The molecule has 2 rings (SSSR count). The number of carbonyl (C=O) groups is 4. The van der Waals surface area contributed by atoms with Crippen LogP contribution in [0.2, 0.25) is 0 Å². The van der Waals surface area contributed by atoms with Crippen LogP contribution in [-0.2, 0) is 15.1 Å². The topological polar surface area (TPSA) is 122 Å². The molecule has 1 aromatic rings. The summed E-state index contributed by atoms with van der Waals surface area (Å²) < 4.78 is 27.2. The number of benzene rings is 1. The van der Waals surface area contributed by atoms with Crippen LogP contribution < -0.4 is 16.4 Å². The first kappa shape index (κ1) is 16.3. The Labute approximate surface area is 128 Å². The molecule has 1 saturated heterocycles. The third kappa shape index (κ3) is 2.96. The van der Waals surface area contributed by atoms with Gasteiger partial charge >= 0.3 is 12.1 Å². The van der Waals surface area contributed by atoms with Gasteiger partial charge in [0.05, 0.1) is 0 Å². The summed E-state index contributed by atoms with van der Waals surface area (Å²) in [5.74, 6) is -3.66. The van der Waals surface area contributed by atoms with E-state index in [9.17, 15) is 28.0 Å². The van der Waals surface area contributed by atoms with Crippen LogP contribution in [0.3, 0.4) is 0 Å². The molecule has 4 N–H and O–H groups in total. The van der Waals surface area contributed by atoms with Crippen LogP contribution in [-0.4, -0.2) is 35.3 Å². The lowest BCUT2D eigenvalue weighted by atomic mass is 9.91. The quantitative estimate of drug-likeness (QED) is 0.673. The van der Waals surface area contributed by atoms with Crippen molar-refractivity contribution in [2.75, 3.05) is 6.54 Å². The highest BCUT2D eigenvalue weighted by atomic mass is 19.1. The second kappa shape index (κ2) is 5.63. The fourth-order valence-electron chi connectivity index (χ4n) is 2.22. The zero-order valence-corrected chi connectivity index (χ0v) is 11.9. The molecule has 8 nitrogen and oxygen atoms in total. The maximum Gasteiger partial charge on any atom is 0.325 e. The van der Waals surface area contributed by atoms with Gasteiger partial charge in [-0.2, -0.15) is 0 Å². The second-order valence-electron chi connectivity index (χ2n) is 4.98. The van der Waals surface area contributed by atoms with Crippen molar-refractivity contribution in [1.29, 1.82) is 0 Å². The lowest BCUT2D eigenvalue weighted by Crippen LogP contribution is -2.45. The summed E-state index contributed by atoms with van der Waals surface area (Å²) in [5.41, 5.74) is 2.49. The van der Waals surface area contributed by atoms with E-state index in [0.717, 1.165) is 18.2 Å². The van der Waals surface area contributed by atoms with Gasteiger partial charge in [-0.1, -0.05) is 0 Å². The van der Waals surface area contributed by atoms with E-state index in [1.165, 1.54) is 6.92 Å². The monoisotopic (exact) mass is 326 g/mol. The molecule has 0 aromatic heterocycles. The third-order valence-electron chi connectivity index (χ3n) is 3.31. The van der Waals surface area contributed by atoms with Gasteiger partial charge in [0.15, 0.2) is 0 Å². The smallest absolute Gasteiger partial charge is 0.325 e. The van der Waals surface area contributed by atoms with Crippen molar-refractivity contribution < 1.29 is 28.0 Å². The summed E-state index contributed by atoms with van der Waals surface area (Å²) in [4.78, 5) is 46.7. The Morgan fingerprint density at radius 2 is 2.00 bits per heavy atom. The predicted octanol–water partition coefficient (Wildman–Crippen LogP) is -0.0733. The zero-order valence-electron chi connectivity index (χ0n) is 11.9. The van der Waals surface area contributed by atoms with E-state index >= 15 is 0 Å². The first-order chi connectivity index (χ1) is 10.6. The van der Waals surface area contributed by atoms with Gasteiger partial charge in [0, 0.05) is 5.56 Å². The van der Waals surface area contributed by atoms with Gasteiger partial charge in [-0.3, -0.25) is 19.8 Å². The molecule has 10 heteroatoms. The van der Waals surface area contributed by atoms with Crippen LogP contribution in [0, 0.1) is 11.6 Å². The van der Waals surface area contributed by atoms with Gasteiger partial charge in [-0.15, -0.1) is 0 Å². The molecule has 1 aromatic carbocycles. The largest absolute Gasteiger partial charge is 0.351 e. The number of nitrogens with one attached hydrogen (secondary N) is 2. The van der Waals surface area contributed by atoms with Crippen molar-refractivity contribution in [2.24, 2.45) is 5.73 Å². The van der Waals surface area contributed by atoms with Gasteiger partial charge in [0.25, 0.3) is 5.91 Å². The highest BCUT2D eigenvalue weighted by molar-refractivity contribution is 6.10. The molecule has 1 atom stereocenters. The maximum atomic E-state index is 13.9. The van der Waals surface area contributed by atoms with Crippen LogP contribution >= 0.6 is 0 Å². The number of halogens is 2. The molecule has 0 aliphatic carbocycles. The number of nitrogens with two attached hydrogens (primary N) is 1. The second-order valence-corrected chi connectivity index (χ2v) is 4.98. The molecule has 0 radical (unpaired) electrons. The minimum absolute atomic E-state index is 0.381. The van der Waals surface area contributed by atoms with Gasteiger partial charge in [0.1, 0.15) is 23.7 Å². The van der Waals surface area contributed by atoms with Crippen molar-refractivity contribution in [3.8, 4) is 0 Å². The molecule has 6 amide bonds. The molecule has 1 heterocycles. The number of primary amides is 1. The first-order valence-corrected chi connectivity index (χ1v) is 6.34.